The van der Waals surface area contributed by atoms with Crippen molar-refractivity contribution < 1.29 is 15.0 Å². The molecule has 1 aliphatic rings. The van der Waals surface area contributed by atoms with Gasteiger partial charge in [-0.2, -0.15) is 0 Å². The third-order valence-corrected chi connectivity index (χ3v) is 3.96. The quantitative estimate of drug-likeness (QED) is 0.852. The number of phenols is 1. The minimum atomic E-state index is -0.817. The number of carboxylic acids is 1. The molecule has 0 saturated heterocycles. The van der Waals surface area contributed by atoms with Gasteiger partial charge in [0, 0.05) is 0 Å². The Morgan fingerprint density at radius 2 is 1.94 bits per heavy atom. The number of rotatable bonds is 2. The molecule has 0 aromatic heterocycles. The maximum Gasteiger partial charge on any atom is 0.314 e. The smallest absolute Gasteiger partial charge is 0.314 e. The topological polar surface area (TPSA) is 57.5 Å². The second-order valence-corrected chi connectivity index (χ2v) is 5.13. The summed E-state index contributed by atoms with van der Waals surface area (Å²) in [6.45, 7) is 1.73. The Balaban J connectivity index is 2.55. The molecule has 1 aromatic carbocycles. The summed E-state index contributed by atoms with van der Waals surface area (Å²) in [6.07, 6.45) is 3.12. The third kappa shape index (κ3) is 1.89. The van der Waals surface area contributed by atoms with E-state index >= 15 is 0 Å². The van der Waals surface area contributed by atoms with Gasteiger partial charge in [0.1, 0.15) is 5.75 Å². The molecule has 2 N–H and O–H groups in total. The van der Waals surface area contributed by atoms with Gasteiger partial charge in [0.2, 0.25) is 0 Å². The van der Waals surface area contributed by atoms with Crippen LogP contribution in [0.4, 0.5) is 0 Å². The first-order valence-corrected chi connectivity index (χ1v) is 6.08. The highest BCUT2D eigenvalue weighted by Gasteiger charge is 2.43. The lowest BCUT2D eigenvalue weighted by atomic mass is 9.78. The van der Waals surface area contributed by atoms with Gasteiger partial charge >= 0.3 is 5.97 Å². The van der Waals surface area contributed by atoms with Crippen LogP contribution in [0.1, 0.15) is 36.8 Å². The highest BCUT2D eigenvalue weighted by atomic mass is 35.5. The normalized spacial score (nSPS) is 18.2. The molecule has 0 spiro atoms. The van der Waals surface area contributed by atoms with E-state index < -0.39 is 11.4 Å². The van der Waals surface area contributed by atoms with E-state index in [4.69, 9.17) is 11.6 Å². The zero-order chi connectivity index (χ0) is 12.6. The van der Waals surface area contributed by atoms with Crippen LogP contribution in [-0.4, -0.2) is 16.2 Å². The molecule has 0 unspecified atom stereocenters. The van der Waals surface area contributed by atoms with Crippen LogP contribution in [0.2, 0.25) is 5.02 Å². The van der Waals surface area contributed by atoms with Gasteiger partial charge in [0.15, 0.2) is 0 Å². The average molecular weight is 255 g/mol. The van der Waals surface area contributed by atoms with E-state index in [-0.39, 0.29) is 10.8 Å². The van der Waals surface area contributed by atoms with E-state index in [0.717, 1.165) is 12.8 Å². The summed E-state index contributed by atoms with van der Waals surface area (Å²) >= 11 is 5.92. The van der Waals surface area contributed by atoms with E-state index in [0.29, 0.717) is 24.0 Å². The summed E-state index contributed by atoms with van der Waals surface area (Å²) in [6, 6.07) is 3.32. The minimum absolute atomic E-state index is 0.0361. The van der Waals surface area contributed by atoms with Crippen LogP contribution < -0.4 is 0 Å². The monoisotopic (exact) mass is 254 g/mol. The zero-order valence-electron chi connectivity index (χ0n) is 9.66. The zero-order valence-corrected chi connectivity index (χ0v) is 10.4. The van der Waals surface area contributed by atoms with Crippen LogP contribution in [0.25, 0.3) is 0 Å². The number of aryl methyl sites for hydroxylation is 1. The highest BCUT2D eigenvalue weighted by Crippen LogP contribution is 2.44. The Labute approximate surface area is 105 Å². The molecule has 0 amide bonds. The van der Waals surface area contributed by atoms with Gasteiger partial charge in [0.25, 0.3) is 0 Å². The number of aromatic hydroxyl groups is 1. The Hall–Kier alpha value is -1.22. The van der Waals surface area contributed by atoms with E-state index in [2.05, 4.69) is 0 Å². The second-order valence-electron chi connectivity index (χ2n) is 4.72. The molecule has 2 rings (SSSR count). The number of benzene rings is 1. The summed E-state index contributed by atoms with van der Waals surface area (Å²) in [7, 11) is 0. The summed E-state index contributed by atoms with van der Waals surface area (Å²) < 4.78 is 0. The number of carbonyl (C=O) groups is 1. The van der Waals surface area contributed by atoms with Crippen molar-refractivity contribution in [1.82, 2.24) is 0 Å². The molecular formula is C13H15ClO3. The van der Waals surface area contributed by atoms with E-state index in [9.17, 15) is 15.0 Å². The van der Waals surface area contributed by atoms with Gasteiger partial charge in [-0.15, -0.1) is 0 Å². The molecule has 0 bridgehead atoms. The van der Waals surface area contributed by atoms with Crippen molar-refractivity contribution in [3.63, 3.8) is 0 Å². The van der Waals surface area contributed by atoms with Crippen LogP contribution in [0.5, 0.6) is 5.75 Å². The van der Waals surface area contributed by atoms with Crippen molar-refractivity contribution in [3.8, 4) is 5.75 Å². The average Bonchev–Trinajstić information content (AvgIpc) is 2.75. The fourth-order valence-electron chi connectivity index (χ4n) is 2.62. The van der Waals surface area contributed by atoms with Crippen molar-refractivity contribution >= 4 is 17.6 Å². The largest absolute Gasteiger partial charge is 0.506 e. The van der Waals surface area contributed by atoms with E-state index in [1.165, 1.54) is 0 Å². The Morgan fingerprint density at radius 3 is 2.41 bits per heavy atom. The molecule has 0 aliphatic heterocycles. The molecule has 3 nitrogen and oxygen atoms in total. The standard InChI is InChI=1S/C13H15ClO3/c1-8-6-9(7-10(14)11(8)15)13(12(16)17)4-2-3-5-13/h6-7,15H,2-5H2,1H3,(H,16,17). The predicted molar refractivity (Wildman–Crippen MR) is 65.6 cm³/mol. The molecular weight excluding hydrogens is 240 g/mol. The van der Waals surface area contributed by atoms with Crippen LogP contribution in [0.3, 0.4) is 0 Å². The van der Waals surface area contributed by atoms with Crippen LogP contribution in [0.15, 0.2) is 12.1 Å². The summed E-state index contributed by atoms with van der Waals surface area (Å²) in [5.41, 5.74) is 0.519. The Morgan fingerprint density at radius 1 is 1.35 bits per heavy atom. The minimum Gasteiger partial charge on any atom is -0.506 e. The highest BCUT2D eigenvalue weighted by molar-refractivity contribution is 6.32. The summed E-state index contributed by atoms with van der Waals surface area (Å²) in [5.74, 6) is -0.759. The molecule has 0 atom stereocenters. The maximum atomic E-state index is 11.5. The van der Waals surface area contributed by atoms with Crippen molar-refractivity contribution in [1.29, 1.82) is 0 Å². The van der Waals surface area contributed by atoms with Gasteiger partial charge < -0.3 is 10.2 Å². The molecule has 1 aliphatic carbocycles. The van der Waals surface area contributed by atoms with Crippen molar-refractivity contribution in [2.75, 3.05) is 0 Å². The van der Waals surface area contributed by atoms with Crippen LogP contribution >= 0.6 is 11.6 Å². The van der Waals surface area contributed by atoms with Gasteiger partial charge in [-0.1, -0.05) is 30.5 Å². The first-order chi connectivity index (χ1) is 7.97. The van der Waals surface area contributed by atoms with Gasteiger partial charge in [0.05, 0.1) is 10.4 Å². The summed E-state index contributed by atoms with van der Waals surface area (Å²) in [4.78, 5) is 11.5. The number of carboxylic acid groups (broad SMARTS) is 1. The molecule has 17 heavy (non-hydrogen) atoms. The Kier molecular flexibility index (Phi) is 3.04. The van der Waals surface area contributed by atoms with Crippen LogP contribution in [0, 0.1) is 6.92 Å². The van der Waals surface area contributed by atoms with E-state index in [1.54, 1.807) is 19.1 Å². The maximum absolute atomic E-state index is 11.5. The number of aliphatic carboxylic acids is 1. The van der Waals surface area contributed by atoms with Gasteiger partial charge in [-0.3, -0.25) is 4.79 Å². The lowest BCUT2D eigenvalue weighted by Gasteiger charge is -2.25. The third-order valence-electron chi connectivity index (χ3n) is 3.67. The fourth-order valence-corrected chi connectivity index (χ4v) is 2.88. The van der Waals surface area contributed by atoms with Crippen molar-refractivity contribution in [3.05, 3.63) is 28.3 Å². The number of hydrogen-bond acceptors (Lipinski definition) is 2. The lowest BCUT2D eigenvalue weighted by molar-refractivity contribution is -0.143. The van der Waals surface area contributed by atoms with Gasteiger partial charge in [-0.25, -0.2) is 0 Å². The molecule has 0 radical (unpaired) electrons. The first-order valence-electron chi connectivity index (χ1n) is 5.70. The van der Waals surface area contributed by atoms with Gasteiger partial charge in [-0.05, 0) is 37.0 Å². The molecule has 1 aromatic rings. The molecule has 1 fully saturated rings. The number of halogens is 1. The first kappa shape index (κ1) is 12.2. The molecule has 0 heterocycles. The molecule has 1 saturated carbocycles. The second kappa shape index (κ2) is 4.22. The van der Waals surface area contributed by atoms with Crippen molar-refractivity contribution in [2.24, 2.45) is 0 Å². The SMILES string of the molecule is Cc1cc(C2(C(=O)O)CCCC2)cc(Cl)c1O. The number of phenolic OH excluding ortho intramolecular Hbond substituents is 1. The Bertz CT molecular complexity index is 439. The predicted octanol–water partition coefficient (Wildman–Crippen LogP) is 3.25. The van der Waals surface area contributed by atoms with E-state index in [1.807, 2.05) is 0 Å². The van der Waals surface area contributed by atoms with Crippen LogP contribution in [-0.2, 0) is 10.2 Å². The fraction of sp³-hybridized carbons (Fsp3) is 0.462. The number of hydrogen-bond donors (Lipinski definition) is 2. The van der Waals surface area contributed by atoms with Crippen molar-refractivity contribution in [2.45, 2.75) is 38.0 Å². The molecule has 92 valence electrons. The summed E-state index contributed by atoms with van der Waals surface area (Å²) in [5, 5.41) is 19.3. The lowest BCUT2D eigenvalue weighted by Crippen LogP contribution is -2.32. The molecule has 4 heteroatoms.